The van der Waals surface area contributed by atoms with Gasteiger partial charge in [-0.15, -0.1) is 13.2 Å². The van der Waals surface area contributed by atoms with E-state index in [0.29, 0.717) is 30.5 Å². The van der Waals surface area contributed by atoms with Crippen molar-refractivity contribution in [3.63, 3.8) is 0 Å². The van der Waals surface area contributed by atoms with Crippen molar-refractivity contribution in [1.82, 2.24) is 23.8 Å². The fourth-order valence-electron chi connectivity index (χ4n) is 3.39. The second kappa shape index (κ2) is 8.39. The first-order valence-electron chi connectivity index (χ1n) is 9.57. The largest absolute Gasteiger partial charge is 0.573 e. The van der Waals surface area contributed by atoms with Crippen LogP contribution < -0.4 is 9.64 Å². The van der Waals surface area contributed by atoms with Crippen molar-refractivity contribution in [2.75, 3.05) is 31.1 Å². The van der Waals surface area contributed by atoms with Crippen LogP contribution in [0.3, 0.4) is 0 Å². The van der Waals surface area contributed by atoms with Crippen LogP contribution in [-0.4, -0.2) is 64.8 Å². The Balaban J connectivity index is 1.52. The summed E-state index contributed by atoms with van der Waals surface area (Å²) in [6, 6.07) is 6.50. The summed E-state index contributed by atoms with van der Waals surface area (Å²) in [5.74, 6) is 1.04. The summed E-state index contributed by atoms with van der Waals surface area (Å²) in [6.45, 7) is 2.52. The number of nitrogens with zero attached hydrogens (tertiary/aromatic N) is 6. The Morgan fingerprint density at radius 3 is 2.38 bits per heavy atom. The molecule has 1 saturated heterocycles. The van der Waals surface area contributed by atoms with Crippen molar-refractivity contribution in [1.29, 1.82) is 0 Å². The SMILES string of the molecule is Cc1nc(N2CCN(S(=O)(=O)c3ccccc3OC(F)(F)F)CC2)cc(-n2ccnc2)n1. The van der Waals surface area contributed by atoms with Gasteiger partial charge in [-0.25, -0.2) is 23.4 Å². The number of rotatable bonds is 5. The molecule has 2 aromatic heterocycles. The summed E-state index contributed by atoms with van der Waals surface area (Å²) >= 11 is 0. The Kier molecular flexibility index (Phi) is 5.77. The maximum Gasteiger partial charge on any atom is 0.573 e. The van der Waals surface area contributed by atoms with Crippen LogP contribution in [0.15, 0.2) is 53.9 Å². The molecular weight excluding hydrogens is 449 g/mol. The van der Waals surface area contributed by atoms with E-state index in [0.717, 1.165) is 16.4 Å². The molecular formula is C19H19F3N6O3S. The Morgan fingerprint density at radius 1 is 1.03 bits per heavy atom. The topological polar surface area (TPSA) is 93.5 Å². The van der Waals surface area contributed by atoms with Gasteiger partial charge in [-0.05, 0) is 19.1 Å². The fraction of sp³-hybridized carbons (Fsp3) is 0.316. The molecule has 0 bridgehead atoms. The summed E-state index contributed by atoms with van der Waals surface area (Å²) < 4.78 is 71.0. The number of imidazole rings is 1. The molecule has 0 spiro atoms. The third-order valence-electron chi connectivity index (χ3n) is 4.84. The Hall–Kier alpha value is -3.19. The highest BCUT2D eigenvalue weighted by Gasteiger charge is 2.36. The average Bonchev–Trinajstić information content (AvgIpc) is 3.27. The first-order valence-corrected chi connectivity index (χ1v) is 11.0. The predicted molar refractivity (Wildman–Crippen MR) is 108 cm³/mol. The number of benzene rings is 1. The molecule has 4 rings (SSSR count). The maximum atomic E-state index is 13.0. The van der Waals surface area contributed by atoms with Crippen molar-refractivity contribution < 1.29 is 26.3 Å². The van der Waals surface area contributed by atoms with Gasteiger partial charge in [0.1, 0.15) is 34.4 Å². The summed E-state index contributed by atoms with van der Waals surface area (Å²) in [7, 11) is -4.19. The van der Waals surface area contributed by atoms with Crippen molar-refractivity contribution in [2.24, 2.45) is 0 Å². The van der Waals surface area contributed by atoms with Crippen molar-refractivity contribution in [2.45, 2.75) is 18.2 Å². The lowest BCUT2D eigenvalue weighted by Gasteiger charge is -2.35. The molecule has 0 atom stereocenters. The lowest BCUT2D eigenvalue weighted by atomic mass is 10.3. The zero-order valence-electron chi connectivity index (χ0n) is 16.9. The lowest BCUT2D eigenvalue weighted by molar-refractivity contribution is -0.275. The molecule has 1 aromatic carbocycles. The second-order valence-electron chi connectivity index (χ2n) is 6.99. The number of sulfonamides is 1. The molecule has 32 heavy (non-hydrogen) atoms. The molecule has 1 aliphatic rings. The van der Waals surface area contributed by atoms with E-state index in [1.54, 1.807) is 36.3 Å². The highest BCUT2D eigenvalue weighted by Crippen LogP contribution is 2.32. The second-order valence-corrected chi connectivity index (χ2v) is 8.89. The van der Waals surface area contributed by atoms with Crippen LogP contribution in [0.2, 0.25) is 0 Å². The summed E-state index contributed by atoms with van der Waals surface area (Å²) in [4.78, 5) is 14.2. The van der Waals surface area contributed by atoms with Gasteiger partial charge in [0.2, 0.25) is 10.0 Å². The van der Waals surface area contributed by atoms with Gasteiger partial charge in [0.05, 0.1) is 0 Å². The minimum Gasteiger partial charge on any atom is -0.404 e. The van der Waals surface area contributed by atoms with E-state index in [9.17, 15) is 21.6 Å². The summed E-state index contributed by atoms with van der Waals surface area (Å²) in [5, 5.41) is 0. The first-order chi connectivity index (χ1) is 15.1. The minimum atomic E-state index is -5.00. The predicted octanol–water partition coefficient (Wildman–Crippen LogP) is 2.38. The van der Waals surface area contributed by atoms with Crippen molar-refractivity contribution in [3.8, 4) is 11.6 Å². The van der Waals surface area contributed by atoms with Crippen LogP contribution in [-0.2, 0) is 10.0 Å². The number of alkyl halides is 3. The van der Waals surface area contributed by atoms with E-state index in [1.165, 1.54) is 12.1 Å². The van der Waals surface area contributed by atoms with E-state index < -0.39 is 27.0 Å². The van der Waals surface area contributed by atoms with Gasteiger partial charge in [0.15, 0.2) is 0 Å². The molecule has 0 saturated carbocycles. The number of halogens is 3. The third-order valence-corrected chi connectivity index (χ3v) is 6.77. The number of ether oxygens (including phenoxy) is 1. The van der Waals surface area contributed by atoms with E-state index in [4.69, 9.17) is 0 Å². The van der Waals surface area contributed by atoms with Gasteiger partial charge in [0, 0.05) is 44.6 Å². The number of aromatic nitrogens is 4. The highest BCUT2D eigenvalue weighted by atomic mass is 32.2. The van der Waals surface area contributed by atoms with E-state index in [2.05, 4.69) is 19.7 Å². The number of aryl methyl sites for hydroxylation is 1. The normalized spacial score (nSPS) is 15.7. The summed E-state index contributed by atoms with van der Waals surface area (Å²) in [5.41, 5.74) is 0. The van der Waals surface area contributed by atoms with Crippen LogP contribution in [0.1, 0.15) is 5.82 Å². The Labute approximate surface area is 182 Å². The van der Waals surface area contributed by atoms with Gasteiger partial charge >= 0.3 is 6.36 Å². The molecule has 0 amide bonds. The molecule has 13 heteroatoms. The zero-order valence-corrected chi connectivity index (χ0v) is 17.7. The standard InChI is InChI=1S/C19H19F3N6O3S/c1-14-24-17(12-18(25-14)27-7-6-23-13-27)26-8-10-28(11-9-26)32(29,30)16-5-3-2-4-15(16)31-19(20,21)22/h2-7,12-13H,8-11H2,1H3. The molecule has 1 aliphatic heterocycles. The molecule has 0 radical (unpaired) electrons. The van der Waals surface area contributed by atoms with Crippen LogP contribution in [0.4, 0.5) is 19.0 Å². The van der Waals surface area contributed by atoms with Gasteiger partial charge in [-0.1, -0.05) is 12.1 Å². The van der Waals surface area contributed by atoms with Crippen LogP contribution in [0, 0.1) is 6.92 Å². The molecule has 170 valence electrons. The van der Waals surface area contributed by atoms with E-state index in [1.807, 2.05) is 4.90 Å². The molecule has 3 aromatic rings. The zero-order chi connectivity index (χ0) is 22.9. The molecule has 0 unspecified atom stereocenters. The maximum absolute atomic E-state index is 13.0. The van der Waals surface area contributed by atoms with E-state index in [-0.39, 0.29) is 13.1 Å². The molecule has 0 N–H and O–H groups in total. The van der Waals surface area contributed by atoms with Crippen LogP contribution in [0.25, 0.3) is 5.82 Å². The monoisotopic (exact) mass is 468 g/mol. The number of para-hydroxylation sites is 1. The summed E-state index contributed by atoms with van der Waals surface area (Å²) in [6.07, 6.45) is -0.0176. The quantitative estimate of drug-likeness (QED) is 0.568. The first kappa shape index (κ1) is 22.0. The van der Waals surface area contributed by atoms with Gasteiger partial charge in [-0.2, -0.15) is 4.31 Å². The highest BCUT2D eigenvalue weighted by molar-refractivity contribution is 7.89. The molecule has 3 heterocycles. The smallest absolute Gasteiger partial charge is 0.404 e. The van der Waals surface area contributed by atoms with E-state index >= 15 is 0 Å². The number of anilines is 1. The van der Waals surface area contributed by atoms with Crippen molar-refractivity contribution in [3.05, 3.63) is 54.9 Å². The lowest BCUT2D eigenvalue weighted by Crippen LogP contribution is -2.49. The van der Waals surface area contributed by atoms with Gasteiger partial charge in [0.25, 0.3) is 0 Å². The number of hydrogen-bond donors (Lipinski definition) is 0. The van der Waals surface area contributed by atoms with Crippen LogP contribution >= 0.6 is 0 Å². The fourth-order valence-corrected chi connectivity index (χ4v) is 4.93. The Morgan fingerprint density at radius 2 is 1.72 bits per heavy atom. The number of piperazine rings is 1. The molecule has 1 fully saturated rings. The third kappa shape index (κ3) is 4.67. The minimum absolute atomic E-state index is 0.0755. The van der Waals surface area contributed by atoms with Crippen LogP contribution in [0.5, 0.6) is 5.75 Å². The molecule has 9 nitrogen and oxygen atoms in total. The Bertz CT molecular complexity index is 1190. The molecule has 0 aliphatic carbocycles. The van der Waals surface area contributed by atoms with Crippen molar-refractivity contribution >= 4 is 15.8 Å². The average molecular weight is 468 g/mol. The van der Waals surface area contributed by atoms with Gasteiger partial charge in [-0.3, -0.25) is 4.57 Å². The number of hydrogen-bond acceptors (Lipinski definition) is 7. The van der Waals surface area contributed by atoms with Gasteiger partial charge < -0.3 is 9.64 Å².